The van der Waals surface area contributed by atoms with Crippen LogP contribution in [-0.4, -0.2) is 16.0 Å². The van der Waals surface area contributed by atoms with Gasteiger partial charge in [-0.3, -0.25) is 14.9 Å². The minimum atomic E-state index is -1.02. The van der Waals surface area contributed by atoms with Gasteiger partial charge in [0.25, 0.3) is 5.69 Å². The van der Waals surface area contributed by atoms with Gasteiger partial charge in [0.15, 0.2) is 0 Å². The SMILES string of the molecule is Cc1ccc([N+](=O)[O-])c(C2(C(=O)O)CC2)c1. The number of aliphatic carboxylic acids is 1. The summed E-state index contributed by atoms with van der Waals surface area (Å²) < 4.78 is 0. The van der Waals surface area contributed by atoms with Crippen molar-refractivity contribution in [3.63, 3.8) is 0 Å². The van der Waals surface area contributed by atoms with Gasteiger partial charge in [-0.25, -0.2) is 0 Å². The van der Waals surface area contributed by atoms with Crippen molar-refractivity contribution in [1.29, 1.82) is 0 Å². The number of benzene rings is 1. The Labute approximate surface area is 91.9 Å². The van der Waals surface area contributed by atoms with Crippen molar-refractivity contribution < 1.29 is 14.8 Å². The zero-order valence-electron chi connectivity index (χ0n) is 8.77. The molecule has 0 spiro atoms. The van der Waals surface area contributed by atoms with Gasteiger partial charge < -0.3 is 5.11 Å². The highest BCUT2D eigenvalue weighted by atomic mass is 16.6. The van der Waals surface area contributed by atoms with Gasteiger partial charge in [0, 0.05) is 11.6 Å². The molecule has 1 aromatic carbocycles. The highest BCUT2D eigenvalue weighted by Crippen LogP contribution is 2.51. The van der Waals surface area contributed by atoms with E-state index in [2.05, 4.69) is 0 Å². The molecule has 0 amide bonds. The Hall–Kier alpha value is -1.91. The number of nitrogens with zero attached hydrogens (tertiary/aromatic N) is 1. The van der Waals surface area contributed by atoms with Crippen LogP contribution in [0.2, 0.25) is 0 Å². The van der Waals surface area contributed by atoms with E-state index in [0.717, 1.165) is 5.56 Å². The second-order valence-electron chi connectivity index (χ2n) is 4.16. The molecule has 1 aliphatic rings. The number of carboxylic acid groups (broad SMARTS) is 1. The second kappa shape index (κ2) is 3.30. The number of hydrogen-bond donors (Lipinski definition) is 1. The summed E-state index contributed by atoms with van der Waals surface area (Å²) in [5, 5.41) is 20.0. The first-order valence-electron chi connectivity index (χ1n) is 4.96. The zero-order chi connectivity index (χ0) is 11.9. The van der Waals surface area contributed by atoms with Crippen molar-refractivity contribution in [2.45, 2.75) is 25.2 Å². The van der Waals surface area contributed by atoms with Crippen molar-refractivity contribution in [3.05, 3.63) is 39.4 Å². The zero-order valence-corrected chi connectivity index (χ0v) is 8.77. The molecule has 1 saturated carbocycles. The minimum absolute atomic E-state index is 0.0921. The maximum atomic E-state index is 11.1. The highest BCUT2D eigenvalue weighted by Gasteiger charge is 2.54. The number of aryl methyl sites for hydroxylation is 1. The molecule has 0 bridgehead atoms. The smallest absolute Gasteiger partial charge is 0.314 e. The number of hydrogen-bond acceptors (Lipinski definition) is 3. The molecule has 0 radical (unpaired) electrons. The maximum Gasteiger partial charge on any atom is 0.314 e. The van der Waals surface area contributed by atoms with Crippen molar-refractivity contribution in [1.82, 2.24) is 0 Å². The van der Waals surface area contributed by atoms with Gasteiger partial charge in [0.05, 0.1) is 10.3 Å². The summed E-state index contributed by atoms with van der Waals surface area (Å²) in [6, 6.07) is 4.62. The molecular weight excluding hydrogens is 210 g/mol. The van der Waals surface area contributed by atoms with Crippen molar-refractivity contribution >= 4 is 11.7 Å². The van der Waals surface area contributed by atoms with E-state index in [0.29, 0.717) is 18.4 Å². The molecule has 2 rings (SSSR count). The third-order valence-corrected chi connectivity index (χ3v) is 3.02. The van der Waals surface area contributed by atoms with Crippen LogP contribution in [0, 0.1) is 17.0 Å². The van der Waals surface area contributed by atoms with Gasteiger partial charge >= 0.3 is 5.97 Å². The molecule has 1 fully saturated rings. The quantitative estimate of drug-likeness (QED) is 0.625. The number of carboxylic acids is 1. The van der Waals surface area contributed by atoms with Gasteiger partial charge in [0.1, 0.15) is 0 Å². The molecule has 1 aliphatic carbocycles. The summed E-state index contributed by atoms with van der Waals surface area (Å²) in [5.74, 6) is -0.971. The van der Waals surface area contributed by atoms with E-state index in [1.165, 1.54) is 6.07 Å². The topological polar surface area (TPSA) is 80.4 Å². The Balaban J connectivity index is 2.59. The average Bonchev–Trinajstić information content (AvgIpc) is 2.97. The molecule has 1 aromatic rings. The molecule has 16 heavy (non-hydrogen) atoms. The highest BCUT2D eigenvalue weighted by molar-refractivity contribution is 5.86. The molecule has 5 nitrogen and oxygen atoms in total. The van der Waals surface area contributed by atoms with E-state index in [1.807, 2.05) is 0 Å². The van der Waals surface area contributed by atoms with Crippen LogP contribution in [0.4, 0.5) is 5.69 Å². The van der Waals surface area contributed by atoms with Crippen molar-refractivity contribution in [2.24, 2.45) is 0 Å². The minimum Gasteiger partial charge on any atom is -0.481 e. The van der Waals surface area contributed by atoms with E-state index in [9.17, 15) is 14.9 Å². The molecule has 0 heterocycles. The fourth-order valence-electron chi connectivity index (χ4n) is 1.92. The second-order valence-corrected chi connectivity index (χ2v) is 4.16. The number of rotatable bonds is 3. The molecule has 0 aromatic heterocycles. The fraction of sp³-hybridized carbons (Fsp3) is 0.364. The van der Waals surface area contributed by atoms with Gasteiger partial charge in [-0.1, -0.05) is 11.6 Å². The van der Waals surface area contributed by atoms with Gasteiger partial charge in [0.2, 0.25) is 0 Å². The van der Waals surface area contributed by atoms with E-state index >= 15 is 0 Å². The molecule has 0 saturated heterocycles. The molecule has 0 unspecified atom stereocenters. The Morgan fingerprint density at radius 2 is 2.12 bits per heavy atom. The van der Waals surface area contributed by atoms with Crippen molar-refractivity contribution in [2.75, 3.05) is 0 Å². The van der Waals surface area contributed by atoms with Crippen LogP contribution in [0.1, 0.15) is 24.0 Å². The first kappa shape index (κ1) is 10.6. The Bertz CT molecular complexity index is 477. The Morgan fingerprint density at radius 1 is 1.50 bits per heavy atom. The number of nitro benzene ring substituents is 1. The Morgan fingerprint density at radius 3 is 2.56 bits per heavy atom. The van der Waals surface area contributed by atoms with Gasteiger partial charge in [-0.15, -0.1) is 0 Å². The van der Waals surface area contributed by atoms with Crippen LogP contribution in [0.5, 0.6) is 0 Å². The van der Waals surface area contributed by atoms with Gasteiger partial charge in [-0.2, -0.15) is 0 Å². The van der Waals surface area contributed by atoms with Crippen LogP contribution < -0.4 is 0 Å². The lowest BCUT2D eigenvalue weighted by molar-refractivity contribution is -0.385. The summed E-state index contributed by atoms with van der Waals surface area (Å²) in [5.41, 5.74) is 0.0673. The van der Waals surface area contributed by atoms with E-state index < -0.39 is 16.3 Å². The summed E-state index contributed by atoms with van der Waals surface area (Å²) in [7, 11) is 0. The average molecular weight is 221 g/mol. The fourth-order valence-corrected chi connectivity index (χ4v) is 1.92. The van der Waals surface area contributed by atoms with E-state index in [4.69, 9.17) is 5.11 Å². The van der Waals surface area contributed by atoms with Crippen LogP contribution >= 0.6 is 0 Å². The van der Waals surface area contributed by atoms with Crippen LogP contribution in [0.15, 0.2) is 18.2 Å². The molecule has 1 N–H and O–H groups in total. The molecule has 84 valence electrons. The number of nitro groups is 1. The van der Waals surface area contributed by atoms with Crippen LogP contribution in [0.25, 0.3) is 0 Å². The monoisotopic (exact) mass is 221 g/mol. The van der Waals surface area contributed by atoms with E-state index in [-0.39, 0.29) is 5.69 Å². The predicted octanol–water partition coefficient (Wildman–Crippen LogP) is 2.02. The van der Waals surface area contributed by atoms with Crippen molar-refractivity contribution in [3.8, 4) is 0 Å². The van der Waals surface area contributed by atoms with Crippen LogP contribution in [-0.2, 0) is 10.2 Å². The molecule has 0 atom stereocenters. The lowest BCUT2D eigenvalue weighted by Crippen LogP contribution is -2.21. The molecule has 5 heteroatoms. The van der Waals surface area contributed by atoms with Crippen LogP contribution in [0.3, 0.4) is 0 Å². The largest absolute Gasteiger partial charge is 0.481 e. The molecular formula is C11H11NO4. The summed E-state index contributed by atoms with van der Waals surface area (Å²) >= 11 is 0. The Kier molecular flexibility index (Phi) is 2.18. The first-order chi connectivity index (χ1) is 7.47. The predicted molar refractivity (Wildman–Crippen MR) is 56.4 cm³/mol. The first-order valence-corrected chi connectivity index (χ1v) is 4.96. The van der Waals surface area contributed by atoms with E-state index in [1.54, 1.807) is 19.1 Å². The number of carbonyl (C=O) groups is 1. The van der Waals surface area contributed by atoms with Gasteiger partial charge in [-0.05, 0) is 25.8 Å². The summed E-state index contributed by atoms with van der Waals surface area (Å²) in [6.07, 6.45) is 0.958. The third-order valence-electron chi connectivity index (χ3n) is 3.02. The lowest BCUT2D eigenvalue weighted by Gasteiger charge is -2.11. The summed E-state index contributed by atoms with van der Waals surface area (Å²) in [6.45, 7) is 1.80. The molecule has 0 aliphatic heterocycles. The third kappa shape index (κ3) is 1.44. The summed E-state index contributed by atoms with van der Waals surface area (Å²) in [4.78, 5) is 21.5. The standard InChI is InChI=1S/C11H11NO4/c1-7-2-3-9(12(15)16)8(6-7)11(4-5-11)10(13)14/h2-3,6H,4-5H2,1H3,(H,13,14). The maximum absolute atomic E-state index is 11.1. The normalized spacial score (nSPS) is 16.8. The lowest BCUT2D eigenvalue weighted by atomic mass is 9.93.